The van der Waals surface area contributed by atoms with E-state index in [1.54, 1.807) is 24.3 Å². The molecule has 4 aromatic rings. The molecule has 0 amide bonds. The van der Waals surface area contributed by atoms with Gasteiger partial charge in [0.05, 0.1) is 24.5 Å². The highest BCUT2D eigenvalue weighted by molar-refractivity contribution is 6.15. The molecule has 1 aliphatic rings. The molecule has 2 aromatic heterocycles. The van der Waals surface area contributed by atoms with Crippen LogP contribution in [0.2, 0.25) is 0 Å². The minimum absolute atomic E-state index is 0.0325. The van der Waals surface area contributed by atoms with Crippen molar-refractivity contribution in [3.63, 3.8) is 0 Å². The number of phenolic OH excluding ortho intramolecular Hbond substituents is 1. The van der Waals surface area contributed by atoms with Crippen molar-refractivity contribution in [2.45, 2.75) is 12.6 Å². The molecule has 0 spiro atoms. The number of carbonyl (C=O) groups excluding carboxylic acids is 1. The van der Waals surface area contributed by atoms with Crippen LogP contribution in [0.1, 0.15) is 33.3 Å². The monoisotopic (exact) mass is 403 g/mol. The van der Waals surface area contributed by atoms with Crippen molar-refractivity contribution in [1.82, 2.24) is 4.90 Å². The first-order chi connectivity index (χ1) is 14.7. The molecule has 152 valence electrons. The average molecular weight is 403 g/mol. The summed E-state index contributed by atoms with van der Waals surface area (Å²) >= 11 is 0. The Hall–Kier alpha value is -3.35. The van der Waals surface area contributed by atoms with E-state index in [0.29, 0.717) is 41.8 Å². The summed E-state index contributed by atoms with van der Waals surface area (Å²) in [6, 6.07) is 16.7. The second-order valence-corrected chi connectivity index (χ2v) is 7.40. The van der Waals surface area contributed by atoms with E-state index in [4.69, 9.17) is 13.6 Å². The van der Waals surface area contributed by atoms with E-state index in [9.17, 15) is 9.90 Å². The predicted molar refractivity (Wildman–Crippen MR) is 110 cm³/mol. The van der Waals surface area contributed by atoms with E-state index in [0.717, 1.165) is 12.1 Å². The van der Waals surface area contributed by atoms with Crippen molar-refractivity contribution >= 4 is 16.8 Å². The molecule has 0 bridgehead atoms. The van der Waals surface area contributed by atoms with Crippen LogP contribution in [-0.2, 0) is 11.3 Å². The van der Waals surface area contributed by atoms with Gasteiger partial charge in [0.25, 0.3) is 0 Å². The number of fused-ring (bicyclic) bond motifs is 1. The van der Waals surface area contributed by atoms with E-state index in [2.05, 4.69) is 17.0 Å². The molecule has 1 fully saturated rings. The number of benzene rings is 2. The summed E-state index contributed by atoms with van der Waals surface area (Å²) in [4.78, 5) is 15.1. The number of phenols is 1. The SMILES string of the molecule is O=C(c1ccco1)c1coc2ccc(O)c(CN3CCO[C@@H](c4ccccc4)C3)c12. The average Bonchev–Trinajstić information content (AvgIpc) is 3.46. The molecule has 30 heavy (non-hydrogen) atoms. The van der Waals surface area contributed by atoms with Crippen molar-refractivity contribution in [2.24, 2.45) is 0 Å². The zero-order valence-corrected chi connectivity index (χ0v) is 16.3. The molecule has 1 N–H and O–H groups in total. The highest BCUT2D eigenvalue weighted by Crippen LogP contribution is 2.34. The van der Waals surface area contributed by atoms with Crippen LogP contribution in [0.25, 0.3) is 11.0 Å². The van der Waals surface area contributed by atoms with Gasteiger partial charge in [0.1, 0.15) is 17.6 Å². The number of ketones is 1. The molecule has 5 rings (SSSR count). The molecule has 6 heteroatoms. The Kier molecular flexibility index (Phi) is 4.86. The minimum atomic E-state index is -0.269. The fourth-order valence-corrected chi connectivity index (χ4v) is 4.00. The van der Waals surface area contributed by atoms with Gasteiger partial charge >= 0.3 is 0 Å². The minimum Gasteiger partial charge on any atom is -0.508 e. The summed E-state index contributed by atoms with van der Waals surface area (Å²) in [7, 11) is 0. The maximum absolute atomic E-state index is 12.9. The molecule has 0 aliphatic carbocycles. The normalized spacial score (nSPS) is 17.4. The van der Waals surface area contributed by atoms with Crippen LogP contribution in [0, 0.1) is 0 Å². The third-order valence-corrected chi connectivity index (χ3v) is 5.52. The third kappa shape index (κ3) is 3.40. The maximum atomic E-state index is 12.9. The van der Waals surface area contributed by atoms with Crippen molar-refractivity contribution in [2.75, 3.05) is 19.7 Å². The first kappa shape index (κ1) is 18.7. The molecule has 1 saturated heterocycles. The second kappa shape index (κ2) is 7.82. The lowest BCUT2D eigenvalue weighted by molar-refractivity contribution is -0.0329. The van der Waals surface area contributed by atoms with Gasteiger partial charge in [-0.2, -0.15) is 0 Å². The zero-order valence-electron chi connectivity index (χ0n) is 16.3. The zero-order chi connectivity index (χ0) is 20.5. The summed E-state index contributed by atoms with van der Waals surface area (Å²) < 4.78 is 16.9. The van der Waals surface area contributed by atoms with Crippen molar-refractivity contribution in [3.8, 4) is 5.75 Å². The number of nitrogens with zero attached hydrogens (tertiary/aromatic N) is 1. The van der Waals surface area contributed by atoms with Crippen molar-refractivity contribution in [3.05, 3.63) is 89.6 Å². The highest BCUT2D eigenvalue weighted by Gasteiger charge is 2.26. The van der Waals surface area contributed by atoms with Crippen LogP contribution in [0.15, 0.2) is 76.0 Å². The third-order valence-electron chi connectivity index (χ3n) is 5.52. The Bertz CT molecular complexity index is 1160. The van der Waals surface area contributed by atoms with E-state index in [1.165, 1.54) is 12.5 Å². The van der Waals surface area contributed by atoms with Crippen LogP contribution in [0.5, 0.6) is 5.75 Å². The fourth-order valence-electron chi connectivity index (χ4n) is 4.00. The van der Waals surface area contributed by atoms with Crippen LogP contribution in [0.4, 0.5) is 0 Å². The lowest BCUT2D eigenvalue weighted by Gasteiger charge is -2.33. The van der Waals surface area contributed by atoms with E-state index in [1.807, 2.05) is 18.2 Å². The Balaban J connectivity index is 1.47. The number of morpholine rings is 1. The van der Waals surface area contributed by atoms with Gasteiger partial charge < -0.3 is 18.7 Å². The smallest absolute Gasteiger partial charge is 0.232 e. The first-order valence-corrected chi connectivity index (χ1v) is 9.90. The van der Waals surface area contributed by atoms with E-state index in [-0.39, 0.29) is 23.4 Å². The summed E-state index contributed by atoms with van der Waals surface area (Å²) in [5.74, 6) is 0.109. The fraction of sp³-hybridized carbons (Fsp3) is 0.208. The number of ether oxygens (including phenoxy) is 1. The number of carbonyl (C=O) groups is 1. The molecule has 1 atom stereocenters. The topological polar surface area (TPSA) is 76.0 Å². The van der Waals surface area contributed by atoms with Crippen LogP contribution >= 0.6 is 0 Å². The van der Waals surface area contributed by atoms with Gasteiger partial charge in [0.15, 0.2) is 5.76 Å². The molecule has 0 radical (unpaired) electrons. The van der Waals surface area contributed by atoms with Crippen LogP contribution in [-0.4, -0.2) is 35.5 Å². The number of aromatic hydroxyl groups is 1. The van der Waals surface area contributed by atoms with E-state index < -0.39 is 0 Å². The molecule has 0 unspecified atom stereocenters. The quantitative estimate of drug-likeness (QED) is 0.493. The Morgan fingerprint density at radius 3 is 2.73 bits per heavy atom. The van der Waals surface area contributed by atoms with Crippen LogP contribution in [0.3, 0.4) is 0 Å². The Morgan fingerprint density at radius 1 is 1.07 bits per heavy atom. The number of furan rings is 2. The molecule has 0 saturated carbocycles. The van der Waals surface area contributed by atoms with Gasteiger partial charge in [0.2, 0.25) is 5.78 Å². The van der Waals surface area contributed by atoms with Gasteiger partial charge in [-0.25, -0.2) is 0 Å². The molecular formula is C24H21NO5. The van der Waals surface area contributed by atoms with Gasteiger partial charge in [-0.1, -0.05) is 30.3 Å². The predicted octanol–water partition coefficient (Wildman–Crippen LogP) is 4.54. The largest absolute Gasteiger partial charge is 0.508 e. The summed E-state index contributed by atoms with van der Waals surface area (Å²) in [6.45, 7) is 2.51. The molecule has 1 aliphatic heterocycles. The summed E-state index contributed by atoms with van der Waals surface area (Å²) in [5, 5.41) is 11.3. The molecule has 3 heterocycles. The first-order valence-electron chi connectivity index (χ1n) is 9.90. The molecule has 6 nitrogen and oxygen atoms in total. The number of hydrogen-bond donors (Lipinski definition) is 1. The van der Waals surface area contributed by atoms with Crippen LogP contribution < -0.4 is 0 Å². The molecule has 2 aromatic carbocycles. The Morgan fingerprint density at radius 2 is 1.93 bits per heavy atom. The lowest BCUT2D eigenvalue weighted by Crippen LogP contribution is -2.37. The van der Waals surface area contributed by atoms with Gasteiger partial charge in [-0.3, -0.25) is 9.69 Å². The highest BCUT2D eigenvalue weighted by atomic mass is 16.5. The van der Waals surface area contributed by atoms with Gasteiger partial charge in [0, 0.05) is 30.6 Å². The van der Waals surface area contributed by atoms with E-state index >= 15 is 0 Å². The maximum Gasteiger partial charge on any atom is 0.232 e. The number of hydrogen-bond acceptors (Lipinski definition) is 6. The van der Waals surface area contributed by atoms with Crippen molar-refractivity contribution in [1.29, 1.82) is 0 Å². The second-order valence-electron chi connectivity index (χ2n) is 7.40. The summed E-state index contributed by atoms with van der Waals surface area (Å²) in [6.07, 6.45) is 2.87. The standard InChI is InChI=1S/C24H21NO5/c26-19-8-9-20-23(18(15-30-20)24(27)21-7-4-11-28-21)17(19)13-25-10-12-29-22(14-25)16-5-2-1-3-6-16/h1-9,11,15,22,26H,10,12-14H2/t22-/m1/s1. The van der Waals surface area contributed by atoms with Gasteiger partial charge in [-0.05, 0) is 29.8 Å². The lowest BCUT2D eigenvalue weighted by atomic mass is 10.0. The molecular weight excluding hydrogens is 382 g/mol. The van der Waals surface area contributed by atoms with Gasteiger partial charge in [-0.15, -0.1) is 0 Å². The summed E-state index contributed by atoms with van der Waals surface area (Å²) in [5.41, 5.74) is 2.75. The van der Waals surface area contributed by atoms with Crippen molar-refractivity contribution < 1.29 is 23.5 Å². The Labute approximate surface area is 173 Å². The number of rotatable bonds is 5.